The van der Waals surface area contributed by atoms with E-state index in [9.17, 15) is 4.79 Å². The van der Waals surface area contributed by atoms with Crippen LogP contribution in [-0.4, -0.2) is 18.2 Å². The summed E-state index contributed by atoms with van der Waals surface area (Å²) in [5.41, 5.74) is -0.114. The summed E-state index contributed by atoms with van der Waals surface area (Å²) in [6, 6.07) is 9.58. The molecule has 0 radical (unpaired) electrons. The Balaban J connectivity index is 2.37. The van der Waals surface area contributed by atoms with Crippen molar-refractivity contribution >= 4 is 5.97 Å². The van der Waals surface area contributed by atoms with Crippen molar-refractivity contribution < 1.29 is 19.3 Å². The van der Waals surface area contributed by atoms with Gasteiger partial charge in [-0.3, -0.25) is 0 Å². The zero-order chi connectivity index (χ0) is 12.7. The lowest BCUT2D eigenvalue weighted by atomic mass is 10.1. The minimum absolute atomic E-state index is 0.295. The summed E-state index contributed by atoms with van der Waals surface area (Å²) in [6.45, 7) is 5.58. The maximum Gasteiger partial charge on any atom is 0.341 e. The van der Waals surface area contributed by atoms with Crippen molar-refractivity contribution in [1.29, 1.82) is 0 Å². The maximum absolute atomic E-state index is 11.5. The third-order valence-electron chi connectivity index (χ3n) is 2.10. The second-order valence-electron chi connectivity index (χ2n) is 4.06. The molecule has 1 rings (SSSR count). The highest BCUT2D eigenvalue weighted by atomic mass is 17.2. The monoisotopic (exact) mass is 238 g/mol. The van der Waals surface area contributed by atoms with E-state index in [0.29, 0.717) is 13.2 Å². The summed E-state index contributed by atoms with van der Waals surface area (Å²) in [4.78, 5) is 21.6. The Morgan fingerprint density at radius 2 is 1.88 bits per heavy atom. The van der Waals surface area contributed by atoms with Crippen LogP contribution in [-0.2, 0) is 25.9 Å². The molecule has 0 atom stereocenters. The third kappa shape index (κ3) is 4.54. The zero-order valence-electron chi connectivity index (χ0n) is 10.4. The molecule has 0 N–H and O–H groups in total. The molecule has 0 spiro atoms. The van der Waals surface area contributed by atoms with Crippen LogP contribution in [0.1, 0.15) is 26.3 Å². The molecule has 0 saturated carbocycles. The largest absolute Gasteiger partial charge is 0.464 e. The lowest BCUT2D eigenvalue weighted by molar-refractivity contribution is -0.354. The van der Waals surface area contributed by atoms with E-state index < -0.39 is 11.6 Å². The van der Waals surface area contributed by atoms with Gasteiger partial charge in [0.2, 0.25) is 0 Å². The number of carbonyl (C=O) groups is 1. The topological polar surface area (TPSA) is 44.8 Å². The van der Waals surface area contributed by atoms with E-state index in [0.717, 1.165) is 5.56 Å². The maximum atomic E-state index is 11.5. The summed E-state index contributed by atoms with van der Waals surface area (Å²) in [6.07, 6.45) is 0. The molecule has 0 fully saturated rings. The van der Waals surface area contributed by atoms with Gasteiger partial charge in [0.05, 0.1) is 6.61 Å². The lowest BCUT2D eigenvalue weighted by Crippen LogP contribution is -2.36. The molecule has 0 aliphatic rings. The molecule has 4 nitrogen and oxygen atoms in total. The van der Waals surface area contributed by atoms with E-state index >= 15 is 0 Å². The second kappa shape index (κ2) is 6.37. The van der Waals surface area contributed by atoms with E-state index in [4.69, 9.17) is 14.5 Å². The van der Waals surface area contributed by atoms with Crippen molar-refractivity contribution in [2.75, 3.05) is 6.61 Å². The Kier molecular flexibility index (Phi) is 5.12. The predicted octanol–water partition coefficient (Wildman–Crippen LogP) is 2.48. The predicted molar refractivity (Wildman–Crippen MR) is 63.0 cm³/mol. The smallest absolute Gasteiger partial charge is 0.341 e. The Bertz CT molecular complexity index is 346. The van der Waals surface area contributed by atoms with Crippen molar-refractivity contribution in [3.8, 4) is 0 Å². The van der Waals surface area contributed by atoms with Gasteiger partial charge in [-0.05, 0) is 26.3 Å². The van der Waals surface area contributed by atoms with Gasteiger partial charge in [-0.25, -0.2) is 14.6 Å². The Morgan fingerprint density at radius 1 is 1.24 bits per heavy atom. The average molecular weight is 238 g/mol. The van der Waals surface area contributed by atoms with Gasteiger partial charge < -0.3 is 4.74 Å². The molecule has 1 aromatic rings. The standard InChI is InChI=1S/C13H18O4/c1-4-15-12(14)13(2,3)17-16-10-11-8-6-5-7-9-11/h5-9H,4,10H2,1-3H3. The fourth-order valence-corrected chi connectivity index (χ4v) is 1.16. The van der Waals surface area contributed by atoms with E-state index in [1.165, 1.54) is 0 Å². The van der Waals surface area contributed by atoms with Crippen molar-refractivity contribution in [2.45, 2.75) is 33.0 Å². The molecule has 94 valence electrons. The van der Waals surface area contributed by atoms with Crippen molar-refractivity contribution in [2.24, 2.45) is 0 Å². The van der Waals surface area contributed by atoms with Crippen LogP contribution in [0.25, 0.3) is 0 Å². The average Bonchev–Trinajstić information content (AvgIpc) is 2.30. The number of esters is 1. The van der Waals surface area contributed by atoms with Crippen molar-refractivity contribution in [3.05, 3.63) is 35.9 Å². The van der Waals surface area contributed by atoms with Gasteiger partial charge in [0.1, 0.15) is 6.61 Å². The first-order chi connectivity index (χ1) is 8.06. The number of benzene rings is 1. The summed E-state index contributed by atoms with van der Waals surface area (Å²) in [7, 11) is 0. The van der Waals surface area contributed by atoms with Crippen molar-refractivity contribution in [3.63, 3.8) is 0 Å². The summed E-state index contributed by atoms with van der Waals surface area (Å²) < 4.78 is 4.87. The first-order valence-electron chi connectivity index (χ1n) is 5.58. The Morgan fingerprint density at radius 3 is 2.47 bits per heavy atom. The van der Waals surface area contributed by atoms with Crippen LogP contribution in [0.2, 0.25) is 0 Å². The molecule has 0 heterocycles. The second-order valence-corrected chi connectivity index (χ2v) is 4.06. The first kappa shape index (κ1) is 13.7. The fraction of sp³-hybridized carbons (Fsp3) is 0.462. The minimum Gasteiger partial charge on any atom is -0.464 e. The normalized spacial score (nSPS) is 11.2. The van der Waals surface area contributed by atoms with Gasteiger partial charge in [0, 0.05) is 0 Å². The van der Waals surface area contributed by atoms with E-state index in [2.05, 4.69) is 0 Å². The summed E-state index contributed by atoms with van der Waals surface area (Å²) in [5, 5.41) is 0. The highest BCUT2D eigenvalue weighted by Gasteiger charge is 2.31. The molecular weight excluding hydrogens is 220 g/mol. The van der Waals surface area contributed by atoms with E-state index in [-0.39, 0.29) is 0 Å². The summed E-state index contributed by atoms with van der Waals surface area (Å²) >= 11 is 0. The number of ether oxygens (including phenoxy) is 1. The van der Waals surface area contributed by atoms with Gasteiger partial charge in [-0.2, -0.15) is 0 Å². The molecule has 1 aromatic carbocycles. The molecule has 0 aliphatic carbocycles. The lowest BCUT2D eigenvalue weighted by Gasteiger charge is -2.21. The molecular formula is C13H18O4. The van der Waals surface area contributed by atoms with Crippen LogP contribution >= 0.6 is 0 Å². The molecule has 0 aliphatic heterocycles. The van der Waals surface area contributed by atoms with Crippen LogP contribution in [0.3, 0.4) is 0 Å². The minimum atomic E-state index is -1.09. The van der Waals surface area contributed by atoms with E-state index in [1.54, 1.807) is 20.8 Å². The molecule has 0 bridgehead atoms. The quantitative estimate of drug-likeness (QED) is 0.434. The van der Waals surface area contributed by atoms with E-state index in [1.807, 2.05) is 30.3 Å². The number of hydrogen-bond acceptors (Lipinski definition) is 4. The Hall–Kier alpha value is -1.39. The highest BCUT2D eigenvalue weighted by molar-refractivity contribution is 5.78. The van der Waals surface area contributed by atoms with Crippen molar-refractivity contribution in [1.82, 2.24) is 0 Å². The van der Waals surface area contributed by atoms with Crippen LogP contribution in [0.4, 0.5) is 0 Å². The van der Waals surface area contributed by atoms with Gasteiger partial charge in [-0.1, -0.05) is 30.3 Å². The van der Waals surface area contributed by atoms with Gasteiger partial charge >= 0.3 is 5.97 Å². The zero-order valence-corrected chi connectivity index (χ0v) is 10.4. The highest BCUT2D eigenvalue weighted by Crippen LogP contribution is 2.13. The molecule has 0 aromatic heterocycles. The first-order valence-corrected chi connectivity index (χ1v) is 5.58. The third-order valence-corrected chi connectivity index (χ3v) is 2.10. The number of rotatable bonds is 6. The number of hydrogen-bond donors (Lipinski definition) is 0. The molecule has 4 heteroatoms. The van der Waals surface area contributed by atoms with Crippen LogP contribution in [0.15, 0.2) is 30.3 Å². The molecule has 0 unspecified atom stereocenters. The Labute approximate surface area is 101 Å². The van der Waals surface area contributed by atoms with Gasteiger partial charge in [0.15, 0.2) is 5.60 Å². The molecule has 0 saturated heterocycles. The summed E-state index contributed by atoms with van der Waals surface area (Å²) in [5.74, 6) is -0.437. The fourth-order valence-electron chi connectivity index (χ4n) is 1.16. The SMILES string of the molecule is CCOC(=O)C(C)(C)OOCc1ccccc1. The van der Waals surface area contributed by atoms with Gasteiger partial charge in [-0.15, -0.1) is 0 Å². The molecule has 0 amide bonds. The number of carbonyl (C=O) groups excluding carboxylic acids is 1. The van der Waals surface area contributed by atoms with Crippen LogP contribution in [0, 0.1) is 0 Å². The van der Waals surface area contributed by atoms with Crippen LogP contribution in [0.5, 0.6) is 0 Å². The van der Waals surface area contributed by atoms with Gasteiger partial charge in [0.25, 0.3) is 0 Å². The van der Waals surface area contributed by atoms with Crippen LogP contribution < -0.4 is 0 Å². The molecule has 17 heavy (non-hydrogen) atoms.